The van der Waals surface area contributed by atoms with Crippen molar-refractivity contribution in [1.82, 2.24) is 4.98 Å². The zero-order valence-electron chi connectivity index (χ0n) is 9.38. The van der Waals surface area contributed by atoms with Crippen molar-refractivity contribution in [3.8, 4) is 11.6 Å². The van der Waals surface area contributed by atoms with E-state index in [1.54, 1.807) is 19.1 Å². The SMILES string of the molecule is Cc1ccc(Oc2nc(N)c(Cl)cc2Cl)cc1F. The molecule has 1 aromatic carbocycles. The van der Waals surface area contributed by atoms with Crippen LogP contribution >= 0.6 is 23.2 Å². The highest BCUT2D eigenvalue weighted by atomic mass is 35.5. The summed E-state index contributed by atoms with van der Waals surface area (Å²) in [5.41, 5.74) is 6.07. The lowest BCUT2D eigenvalue weighted by atomic mass is 10.2. The van der Waals surface area contributed by atoms with Gasteiger partial charge in [-0.25, -0.2) is 4.39 Å². The molecule has 0 saturated carbocycles. The topological polar surface area (TPSA) is 48.1 Å². The number of halogens is 3. The van der Waals surface area contributed by atoms with Crippen LogP contribution in [0.3, 0.4) is 0 Å². The number of pyridine rings is 1. The highest BCUT2D eigenvalue weighted by molar-refractivity contribution is 6.36. The van der Waals surface area contributed by atoms with Crippen molar-refractivity contribution in [2.45, 2.75) is 6.92 Å². The third-order valence-corrected chi connectivity index (χ3v) is 2.86. The molecule has 94 valence electrons. The number of hydrogen-bond donors (Lipinski definition) is 1. The minimum Gasteiger partial charge on any atom is -0.437 e. The Labute approximate surface area is 113 Å². The van der Waals surface area contributed by atoms with Crippen LogP contribution in [-0.2, 0) is 0 Å². The standard InChI is InChI=1S/C12H9Cl2FN2O/c1-6-2-3-7(4-10(6)15)18-12-9(14)5-8(13)11(16)17-12/h2-5H,1H3,(H2,16,17). The van der Waals surface area contributed by atoms with Crippen molar-refractivity contribution in [3.05, 3.63) is 45.7 Å². The molecule has 0 fully saturated rings. The van der Waals surface area contributed by atoms with Crippen molar-refractivity contribution in [3.63, 3.8) is 0 Å². The van der Waals surface area contributed by atoms with Crippen LogP contribution in [0.5, 0.6) is 11.6 Å². The predicted molar refractivity (Wildman–Crippen MR) is 69.9 cm³/mol. The number of benzene rings is 1. The Bertz CT molecular complexity index is 605. The minimum atomic E-state index is -0.370. The maximum absolute atomic E-state index is 13.3. The fraction of sp³-hybridized carbons (Fsp3) is 0.0833. The molecule has 0 spiro atoms. The van der Waals surface area contributed by atoms with E-state index in [1.807, 2.05) is 0 Å². The smallest absolute Gasteiger partial charge is 0.240 e. The lowest BCUT2D eigenvalue weighted by molar-refractivity contribution is 0.458. The number of anilines is 1. The van der Waals surface area contributed by atoms with Crippen molar-refractivity contribution in [1.29, 1.82) is 0 Å². The van der Waals surface area contributed by atoms with Crippen LogP contribution < -0.4 is 10.5 Å². The molecule has 0 atom stereocenters. The van der Waals surface area contributed by atoms with Gasteiger partial charge in [0.05, 0.1) is 5.02 Å². The van der Waals surface area contributed by atoms with Gasteiger partial charge in [0.15, 0.2) is 0 Å². The van der Waals surface area contributed by atoms with Gasteiger partial charge in [-0.05, 0) is 24.6 Å². The van der Waals surface area contributed by atoms with E-state index in [-0.39, 0.29) is 33.3 Å². The largest absolute Gasteiger partial charge is 0.437 e. The Morgan fingerprint density at radius 3 is 2.61 bits per heavy atom. The summed E-state index contributed by atoms with van der Waals surface area (Å²) >= 11 is 11.6. The molecule has 0 aliphatic carbocycles. The first kappa shape index (κ1) is 12.9. The maximum atomic E-state index is 13.3. The lowest BCUT2D eigenvalue weighted by Gasteiger charge is -2.08. The first-order valence-corrected chi connectivity index (χ1v) is 5.78. The number of aryl methyl sites for hydroxylation is 1. The van der Waals surface area contributed by atoms with Crippen LogP contribution in [0, 0.1) is 12.7 Å². The molecule has 2 aromatic rings. The van der Waals surface area contributed by atoms with Crippen LogP contribution in [0.1, 0.15) is 5.56 Å². The third-order valence-electron chi connectivity index (χ3n) is 2.28. The van der Waals surface area contributed by atoms with Crippen molar-refractivity contribution in [2.24, 2.45) is 0 Å². The summed E-state index contributed by atoms with van der Waals surface area (Å²) < 4.78 is 18.7. The van der Waals surface area contributed by atoms with E-state index >= 15 is 0 Å². The summed E-state index contributed by atoms with van der Waals surface area (Å²) in [7, 11) is 0. The Balaban J connectivity index is 2.34. The molecule has 1 aromatic heterocycles. The number of aromatic nitrogens is 1. The van der Waals surface area contributed by atoms with Gasteiger partial charge in [-0.15, -0.1) is 0 Å². The molecule has 18 heavy (non-hydrogen) atoms. The van der Waals surface area contributed by atoms with Crippen molar-refractivity contribution >= 4 is 29.0 Å². The van der Waals surface area contributed by atoms with E-state index in [4.69, 9.17) is 33.7 Å². The molecule has 3 nitrogen and oxygen atoms in total. The van der Waals surface area contributed by atoms with Gasteiger partial charge in [0, 0.05) is 6.07 Å². The summed E-state index contributed by atoms with van der Waals surface area (Å²) in [4.78, 5) is 3.89. The van der Waals surface area contributed by atoms with Gasteiger partial charge < -0.3 is 10.5 Å². The molecule has 2 N–H and O–H groups in total. The van der Waals surface area contributed by atoms with Crippen molar-refractivity contribution < 1.29 is 9.13 Å². The molecule has 0 bridgehead atoms. The zero-order valence-corrected chi connectivity index (χ0v) is 10.9. The van der Waals surface area contributed by atoms with Gasteiger partial charge in [0.2, 0.25) is 5.88 Å². The van der Waals surface area contributed by atoms with Crippen LogP contribution in [0.25, 0.3) is 0 Å². The molecule has 2 rings (SSSR count). The van der Waals surface area contributed by atoms with Gasteiger partial charge >= 0.3 is 0 Å². The van der Waals surface area contributed by atoms with Gasteiger partial charge in [-0.1, -0.05) is 29.3 Å². The van der Waals surface area contributed by atoms with Crippen LogP contribution in [-0.4, -0.2) is 4.98 Å². The molecule has 6 heteroatoms. The monoisotopic (exact) mass is 286 g/mol. The van der Waals surface area contributed by atoms with Crippen LogP contribution in [0.2, 0.25) is 10.0 Å². The molecule has 0 amide bonds. The zero-order chi connectivity index (χ0) is 13.3. The number of ether oxygens (including phenoxy) is 1. The van der Waals surface area contributed by atoms with Crippen molar-refractivity contribution in [2.75, 3.05) is 5.73 Å². The third kappa shape index (κ3) is 2.66. The number of rotatable bonds is 2. The Morgan fingerprint density at radius 1 is 1.22 bits per heavy atom. The van der Waals surface area contributed by atoms with E-state index in [9.17, 15) is 4.39 Å². The van der Waals surface area contributed by atoms with Gasteiger partial charge in [-0.2, -0.15) is 4.98 Å². The second-order valence-electron chi connectivity index (χ2n) is 3.66. The highest BCUT2D eigenvalue weighted by Gasteiger charge is 2.10. The minimum absolute atomic E-state index is 0.0850. The van der Waals surface area contributed by atoms with Gasteiger partial charge in [0.1, 0.15) is 22.4 Å². The molecule has 0 saturated heterocycles. The first-order chi connectivity index (χ1) is 8.47. The number of hydrogen-bond acceptors (Lipinski definition) is 3. The summed E-state index contributed by atoms with van der Waals surface area (Å²) in [6.45, 7) is 1.66. The van der Waals surface area contributed by atoms with Crippen LogP contribution in [0.15, 0.2) is 24.3 Å². The lowest BCUT2D eigenvalue weighted by Crippen LogP contribution is -1.96. The highest BCUT2D eigenvalue weighted by Crippen LogP contribution is 2.32. The summed E-state index contributed by atoms with van der Waals surface area (Å²) in [6, 6.07) is 5.88. The normalized spacial score (nSPS) is 10.4. The molecular formula is C12H9Cl2FN2O. The average molecular weight is 287 g/mol. The summed E-state index contributed by atoms with van der Waals surface area (Å²) in [6.07, 6.45) is 0. The fourth-order valence-corrected chi connectivity index (χ4v) is 1.68. The van der Waals surface area contributed by atoms with Gasteiger partial charge in [0.25, 0.3) is 0 Å². The van der Waals surface area contributed by atoms with E-state index in [0.717, 1.165) is 0 Å². The first-order valence-electron chi connectivity index (χ1n) is 5.03. The van der Waals surface area contributed by atoms with Gasteiger partial charge in [-0.3, -0.25) is 0 Å². The van der Waals surface area contributed by atoms with Crippen LogP contribution in [0.4, 0.5) is 10.2 Å². The molecular weight excluding hydrogens is 278 g/mol. The number of nitrogen functional groups attached to an aromatic ring is 1. The second kappa shape index (κ2) is 5.00. The summed E-state index contributed by atoms with van der Waals surface area (Å²) in [5.74, 6) is 0.102. The Morgan fingerprint density at radius 2 is 1.94 bits per heavy atom. The van der Waals surface area contributed by atoms with E-state index in [2.05, 4.69) is 4.98 Å². The van der Waals surface area contributed by atoms with E-state index in [0.29, 0.717) is 5.56 Å². The molecule has 0 aliphatic rings. The maximum Gasteiger partial charge on any atom is 0.240 e. The second-order valence-corrected chi connectivity index (χ2v) is 4.47. The fourth-order valence-electron chi connectivity index (χ4n) is 1.28. The number of nitrogens with two attached hydrogens (primary N) is 1. The van der Waals surface area contributed by atoms with E-state index < -0.39 is 0 Å². The Hall–Kier alpha value is -1.52. The van der Waals surface area contributed by atoms with E-state index in [1.165, 1.54) is 12.1 Å². The number of nitrogens with zero attached hydrogens (tertiary/aromatic N) is 1. The average Bonchev–Trinajstić information content (AvgIpc) is 2.31. The Kier molecular flexibility index (Phi) is 3.59. The predicted octanol–water partition coefficient (Wildman–Crippen LogP) is 4.21. The molecule has 0 unspecified atom stereocenters. The molecule has 1 heterocycles. The summed E-state index contributed by atoms with van der Waals surface area (Å²) in [5, 5.41) is 0.442. The molecule has 0 aliphatic heterocycles. The molecule has 0 radical (unpaired) electrons. The quantitative estimate of drug-likeness (QED) is 0.900.